The molecule has 5 nitrogen and oxygen atoms in total. The Morgan fingerprint density at radius 2 is 2.15 bits per heavy atom. The molecule has 0 N–H and O–H groups in total. The van der Waals surface area contributed by atoms with E-state index >= 15 is 0 Å². The quantitative estimate of drug-likeness (QED) is 0.708. The van der Waals surface area contributed by atoms with Crippen molar-refractivity contribution in [1.82, 2.24) is 14.2 Å². The van der Waals surface area contributed by atoms with Crippen molar-refractivity contribution in [2.75, 3.05) is 0 Å². The van der Waals surface area contributed by atoms with Gasteiger partial charge in [-0.25, -0.2) is 8.91 Å². The van der Waals surface area contributed by atoms with Crippen LogP contribution in [0.1, 0.15) is 11.1 Å². The Hall–Kier alpha value is -2.94. The Morgan fingerprint density at radius 1 is 1.30 bits per heavy atom. The third kappa shape index (κ3) is 1.95. The molecule has 0 radical (unpaired) electrons. The van der Waals surface area contributed by atoms with Gasteiger partial charge in [0.2, 0.25) is 0 Å². The largest absolute Gasteiger partial charge is 0.308 e. The number of nitrogens with zero attached hydrogens (tertiary/aromatic N) is 4. The molecular weight excluding hydrogens is 259 g/mol. The fraction of sp³-hybridized carbons (Fsp3) is 0.0714. The Labute approximate surface area is 113 Å². The van der Waals surface area contributed by atoms with Crippen molar-refractivity contribution >= 4 is 5.52 Å². The lowest BCUT2D eigenvalue weighted by Crippen LogP contribution is -2.22. The number of hydrogen-bond acceptors (Lipinski definition) is 3. The molecule has 0 amide bonds. The summed E-state index contributed by atoms with van der Waals surface area (Å²) in [6, 6.07) is 7.68. The zero-order valence-electron chi connectivity index (χ0n) is 10.3. The number of halogens is 1. The predicted octanol–water partition coefficient (Wildman–Crippen LogP) is 1.56. The number of rotatable bonds is 2. The van der Waals surface area contributed by atoms with E-state index in [1.165, 1.54) is 27.4 Å². The van der Waals surface area contributed by atoms with Crippen LogP contribution in [-0.4, -0.2) is 14.2 Å². The van der Waals surface area contributed by atoms with Crippen LogP contribution in [0.4, 0.5) is 4.39 Å². The number of hydrogen-bond donors (Lipinski definition) is 0. The van der Waals surface area contributed by atoms with Crippen LogP contribution in [0.25, 0.3) is 5.52 Å². The van der Waals surface area contributed by atoms with Crippen LogP contribution in [0.15, 0.2) is 47.7 Å². The van der Waals surface area contributed by atoms with E-state index in [1.54, 1.807) is 18.5 Å². The summed E-state index contributed by atoms with van der Waals surface area (Å²) < 4.78 is 16.7. The molecule has 98 valence electrons. The lowest BCUT2D eigenvalue weighted by molar-refractivity contribution is 0.595. The molecule has 1 aromatic carbocycles. The molecular formula is C14H9FN4O. The first-order chi connectivity index (χ1) is 9.69. The highest BCUT2D eigenvalue weighted by molar-refractivity contribution is 5.42. The van der Waals surface area contributed by atoms with Gasteiger partial charge in [-0.05, 0) is 18.2 Å². The van der Waals surface area contributed by atoms with Crippen molar-refractivity contribution in [3.05, 3.63) is 70.2 Å². The summed E-state index contributed by atoms with van der Waals surface area (Å²) >= 11 is 0. The van der Waals surface area contributed by atoms with Crippen molar-refractivity contribution in [3.63, 3.8) is 0 Å². The third-order valence-corrected chi connectivity index (χ3v) is 3.06. The van der Waals surface area contributed by atoms with Crippen molar-refractivity contribution in [1.29, 1.82) is 5.26 Å². The fourth-order valence-electron chi connectivity index (χ4n) is 2.01. The minimum atomic E-state index is -0.496. The summed E-state index contributed by atoms with van der Waals surface area (Å²) in [6.07, 6.45) is 4.72. The summed E-state index contributed by atoms with van der Waals surface area (Å²) in [6.45, 7) is 0.109. The van der Waals surface area contributed by atoms with Crippen LogP contribution in [0.3, 0.4) is 0 Å². The van der Waals surface area contributed by atoms with Gasteiger partial charge >= 0.3 is 0 Å². The lowest BCUT2D eigenvalue weighted by Gasteiger charge is -2.07. The normalized spacial score (nSPS) is 10.6. The summed E-state index contributed by atoms with van der Waals surface area (Å²) in [4.78, 5) is 12.2. The first kappa shape index (κ1) is 12.1. The monoisotopic (exact) mass is 268 g/mol. The molecule has 3 rings (SSSR count). The van der Waals surface area contributed by atoms with E-state index in [1.807, 2.05) is 6.07 Å². The molecule has 0 fully saturated rings. The number of nitriles is 1. The standard InChI is InChI=1S/C14H9FN4O/c15-12-7-10(8-16)1-2-11(12)9-18-5-6-19-13(14(18)20)3-4-17-19/h1-7H,9H2. The Morgan fingerprint density at radius 3 is 2.90 bits per heavy atom. The molecule has 0 saturated carbocycles. The Balaban J connectivity index is 2.03. The van der Waals surface area contributed by atoms with Gasteiger partial charge in [-0.2, -0.15) is 10.4 Å². The molecule has 0 saturated heterocycles. The number of benzene rings is 1. The van der Waals surface area contributed by atoms with Gasteiger partial charge in [0.05, 0.1) is 24.4 Å². The molecule has 2 heterocycles. The summed E-state index contributed by atoms with van der Waals surface area (Å²) in [7, 11) is 0. The highest BCUT2D eigenvalue weighted by atomic mass is 19.1. The SMILES string of the molecule is N#Cc1ccc(Cn2ccn3nccc3c2=O)c(F)c1. The molecule has 20 heavy (non-hydrogen) atoms. The van der Waals surface area contributed by atoms with Crippen molar-refractivity contribution in [2.45, 2.75) is 6.54 Å². The number of fused-ring (bicyclic) bond motifs is 1. The van der Waals surface area contributed by atoms with Crippen LogP contribution >= 0.6 is 0 Å². The summed E-state index contributed by atoms with van der Waals surface area (Å²) in [5, 5.41) is 12.7. The van der Waals surface area contributed by atoms with Gasteiger partial charge in [-0.15, -0.1) is 0 Å². The van der Waals surface area contributed by atoms with Crippen LogP contribution < -0.4 is 5.56 Å². The summed E-state index contributed by atoms with van der Waals surface area (Å²) in [5.74, 6) is -0.496. The van der Waals surface area contributed by atoms with Gasteiger partial charge in [0.15, 0.2) is 0 Å². The highest BCUT2D eigenvalue weighted by Gasteiger charge is 2.08. The second-order valence-corrected chi connectivity index (χ2v) is 4.31. The molecule has 0 unspecified atom stereocenters. The van der Waals surface area contributed by atoms with Gasteiger partial charge in [-0.1, -0.05) is 6.07 Å². The molecule has 0 aliphatic rings. The Bertz CT molecular complexity index is 888. The maximum atomic E-state index is 13.8. The van der Waals surface area contributed by atoms with Gasteiger partial charge in [0.25, 0.3) is 5.56 Å². The second-order valence-electron chi connectivity index (χ2n) is 4.31. The summed E-state index contributed by atoms with van der Waals surface area (Å²) in [5.41, 5.74) is 0.801. The van der Waals surface area contributed by atoms with Crippen LogP contribution in [0.2, 0.25) is 0 Å². The zero-order chi connectivity index (χ0) is 14.1. The molecule has 0 atom stereocenters. The van der Waals surface area contributed by atoms with E-state index in [0.29, 0.717) is 11.1 Å². The molecule has 0 bridgehead atoms. The van der Waals surface area contributed by atoms with Crippen molar-refractivity contribution < 1.29 is 4.39 Å². The maximum absolute atomic E-state index is 13.8. The van der Waals surface area contributed by atoms with E-state index < -0.39 is 5.82 Å². The van der Waals surface area contributed by atoms with E-state index in [0.717, 1.165) is 6.07 Å². The minimum absolute atomic E-state index is 0.109. The van der Waals surface area contributed by atoms with Crippen LogP contribution in [-0.2, 0) is 6.54 Å². The van der Waals surface area contributed by atoms with E-state index in [2.05, 4.69) is 5.10 Å². The minimum Gasteiger partial charge on any atom is -0.308 e. The Kier molecular flexibility index (Phi) is 2.80. The smallest absolute Gasteiger partial charge is 0.276 e. The average molecular weight is 268 g/mol. The zero-order valence-corrected chi connectivity index (χ0v) is 10.3. The van der Waals surface area contributed by atoms with Gasteiger partial charge < -0.3 is 4.57 Å². The topological polar surface area (TPSA) is 63.1 Å². The van der Waals surface area contributed by atoms with Gasteiger partial charge in [0, 0.05) is 18.0 Å². The predicted molar refractivity (Wildman–Crippen MR) is 69.7 cm³/mol. The second kappa shape index (κ2) is 4.63. The fourth-order valence-corrected chi connectivity index (χ4v) is 2.01. The lowest BCUT2D eigenvalue weighted by atomic mass is 10.1. The first-order valence-electron chi connectivity index (χ1n) is 5.90. The van der Waals surface area contributed by atoms with Gasteiger partial charge in [0.1, 0.15) is 11.3 Å². The third-order valence-electron chi connectivity index (χ3n) is 3.06. The molecule has 0 aliphatic carbocycles. The van der Waals surface area contributed by atoms with E-state index in [-0.39, 0.29) is 17.7 Å². The van der Waals surface area contributed by atoms with Crippen LogP contribution in [0.5, 0.6) is 0 Å². The average Bonchev–Trinajstić information content (AvgIpc) is 2.93. The first-order valence-corrected chi connectivity index (χ1v) is 5.90. The van der Waals surface area contributed by atoms with Gasteiger partial charge in [-0.3, -0.25) is 4.79 Å². The molecule has 0 aliphatic heterocycles. The maximum Gasteiger partial charge on any atom is 0.276 e. The molecule has 0 spiro atoms. The van der Waals surface area contributed by atoms with Crippen LogP contribution in [0, 0.1) is 17.1 Å². The molecule has 2 aromatic heterocycles. The number of aromatic nitrogens is 3. The molecule has 3 aromatic rings. The highest BCUT2D eigenvalue weighted by Crippen LogP contribution is 2.11. The molecule has 6 heteroatoms. The van der Waals surface area contributed by atoms with E-state index in [9.17, 15) is 9.18 Å². The van der Waals surface area contributed by atoms with Crippen molar-refractivity contribution in [3.8, 4) is 6.07 Å². The van der Waals surface area contributed by atoms with Crippen molar-refractivity contribution in [2.24, 2.45) is 0 Å². The van der Waals surface area contributed by atoms with E-state index in [4.69, 9.17) is 5.26 Å².